The van der Waals surface area contributed by atoms with E-state index in [0.717, 1.165) is 25.3 Å². The van der Waals surface area contributed by atoms with E-state index in [0.29, 0.717) is 6.61 Å². The first-order valence-corrected chi connectivity index (χ1v) is 8.75. The molecule has 3 nitrogen and oxygen atoms in total. The number of nitrogens with zero attached hydrogens (tertiary/aromatic N) is 1. The summed E-state index contributed by atoms with van der Waals surface area (Å²) < 4.78 is 7.87. The van der Waals surface area contributed by atoms with Crippen molar-refractivity contribution in [1.29, 1.82) is 0 Å². The Morgan fingerprint density at radius 3 is 2.75 bits per heavy atom. The fourth-order valence-corrected chi connectivity index (χ4v) is 4.85. The van der Waals surface area contributed by atoms with Crippen molar-refractivity contribution in [2.75, 3.05) is 13.7 Å². The fraction of sp³-hybridized carbons (Fsp3) is 0.357. The molecule has 0 amide bonds. The Kier molecular flexibility index (Phi) is 6.01. The molecular weight excluding hydrogens is 404 g/mol. The van der Waals surface area contributed by atoms with Crippen molar-refractivity contribution in [2.24, 2.45) is 0 Å². The van der Waals surface area contributed by atoms with Gasteiger partial charge in [-0.25, -0.2) is 0 Å². The largest absolute Gasteiger partial charge is 0.492 e. The van der Waals surface area contributed by atoms with Gasteiger partial charge in [0.2, 0.25) is 0 Å². The lowest BCUT2D eigenvalue weighted by molar-refractivity contribution is 0.315. The molecule has 2 aromatic rings. The maximum atomic E-state index is 5.65. The highest BCUT2D eigenvalue weighted by molar-refractivity contribution is 9.12. The summed E-state index contributed by atoms with van der Waals surface area (Å²) in [5.41, 5.74) is 2.28. The first-order valence-electron chi connectivity index (χ1n) is 6.35. The van der Waals surface area contributed by atoms with Crippen LogP contribution in [0.25, 0.3) is 0 Å². The van der Waals surface area contributed by atoms with Crippen molar-refractivity contribution in [2.45, 2.75) is 19.4 Å². The number of aromatic nitrogens is 1. The third-order valence-electron chi connectivity index (χ3n) is 2.82. The van der Waals surface area contributed by atoms with Crippen LogP contribution in [0.15, 0.2) is 32.1 Å². The molecule has 0 aromatic carbocycles. The second-order valence-corrected chi connectivity index (χ2v) is 8.05. The Morgan fingerprint density at radius 1 is 1.35 bits per heavy atom. The molecule has 0 fully saturated rings. The molecule has 6 heteroatoms. The van der Waals surface area contributed by atoms with Gasteiger partial charge < -0.3 is 10.1 Å². The van der Waals surface area contributed by atoms with Gasteiger partial charge in [0.25, 0.3) is 0 Å². The highest BCUT2D eigenvalue weighted by Gasteiger charge is 2.18. The van der Waals surface area contributed by atoms with E-state index in [4.69, 9.17) is 4.74 Å². The molecule has 2 aromatic heterocycles. The molecule has 108 valence electrons. The van der Waals surface area contributed by atoms with E-state index in [1.807, 2.05) is 19.3 Å². The highest BCUT2D eigenvalue weighted by atomic mass is 79.9. The van der Waals surface area contributed by atoms with Crippen LogP contribution >= 0.6 is 43.2 Å². The summed E-state index contributed by atoms with van der Waals surface area (Å²) in [4.78, 5) is 4.28. The molecule has 1 N–H and O–H groups in total. The second kappa shape index (κ2) is 7.54. The standard InChI is InChI=1S/C14H16Br2N2OS/c1-3-4-19-10-5-9(7-18-8-10)13(17-2)11-6-12(15)20-14(11)16/h5-8,13,17H,3-4H2,1-2H3. The molecule has 2 rings (SSSR count). The van der Waals surface area contributed by atoms with Crippen LogP contribution in [0.4, 0.5) is 0 Å². The van der Waals surface area contributed by atoms with Gasteiger partial charge >= 0.3 is 0 Å². The average Bonchev–Trinajstić information content (AvgIpc) is 2.77. The fourth-order valence-electron chi connectivity index (χ4n) is 1.94. The summed E-state index contributed by atoms with van der Waals surface area (Å²) in [6.07, 6.45) is 4.62. The Balaban J connectivity index is 2.29. The molecule has 2 heterocycles. The van der Waals surface area contributed by atoms with E-state index >= 15 is 0 Å². The number of ether oxygens (including phenoxy) is 1. The first kappa shape index (κ1) is 15.9. The number of halogens is 2. The molecule has 1 unspecified atom stereocenters. The number of thiophene rings is 1. The van der Waals surface area contributed by atoms with Crippen molar-refractivity contribution in [3.05, 3.63) is 43.2 Å². The highest BCUT2D eigenvalue weighted by Crippen LogP contribution is 2.38. The van der Waals surface area contributed by atoms with Gasteiger partial charge in [0, 0.05) is 6.20 Å². The predicted octanol–water partition coefficient (Wildman–Crippen LogP) is 4.77. The number of nitrogens with one attached hydrogen (secondary N) is 1. The van der Waals surface area contributed by atoms with Gasteiger partial charge in [-0.2, -0.15) is 0 Å². The maximum Gasteiger partial charge on any atom is 0.137 e. The Labute approximate surface area is 140 Å². The summed E-state index contributed by atoms with van der Waals surface area (Å²) >= 11 is 8.80. The van der Waals surface area contributed by atoms with E-state index in [1.54, 1.807) is 17.5 Å². The summed E-state index contributed by atoms with van der Waals surface area (Å²) in [5.74, 6) is 0.815. The van der Waals surface area contributed by atoms with Crippen LogP contribution in [0.2, 0.25) is 0 Å². The SMILES string of the molecule is CCCOc1cncc(C(NC)c2cc(Br)sc2Br)c1. The lowest BCUT2D eigenvalue weighted by atomic mass is 10.0. The summed E-state index contributed by atoms with van der Waals surface area (Å²) in [7, 11) is 1.95. The van der Waals surface area contributed by atoms with Crippen LogP contribution < -0.4 is 10.1 Å². The van der Waals surface area contributed by atoms with E-state index in [1.165, 1.54) is 5.56 Å². The van der Waals surface area contributed by atoms with E-state index in [9.17, 15) is 0 Å². The van der Waals surface area contributed by atoms with Crippen molar-refractivity contribution < 1.29 is 4.74 Å². The predicted molar refractivity (Wildman–Crippen MR) is 90.6 cm³/mol. The van der Waals surface area contributed by atoms with Crippen LogP contribution in [-0.4, -0.2) is 18.6 Å². The average molecular weight is 420 g/mol. The molecule has 0 aliphatic rings. The van der Waals surface area contributed by atoms with Gasteiger partial charge in [0.1, 0.15) is 5.75 Å². The molecule has 20 heavy (non-hydrogen) atoms. The summed E-state index contributed by atoms with van der Waals surface area (Å²) in [5, 5.41) is 3.33. The first-order chi connectivity index (χ1) is 9.65. The molecule has 1 atom stereocenters. The van der Waals surface area contributed by atoms with Crippen molar-refractivity contribution in [3.8, 4) is 5.75 Å². The zero-order valence-corrected chi connectivity index (χ0v) is 15.3. The molecule has 0 spiro atoms. The lowest BCUT2D eigenvalue weighted by Crippen LogP contribution is -2.17. The summed E-state index contributed by atoms with van der Waals surface area (Å²) in [6.45, 7) is 2.80. The minimum Gasteiger partial charge on any atom is -0.492 e. The topological polar surface area (TPSA) is 34.1 Å². The zero-order chi connectivity index (χ0) is 14.5. The Bertz CT molecular complexity index is 574. The molecular formula is C14H16Br2N2OS. The van der Waals surface area contributed by atoms with Crippen LogP contribution in [0, 0.1) is 0 Å². The van der Waals surface area contributed by atoms with Crippen LogP contribution in [0.3, 0.4) is 0 Å². The van der Waals surface area contributed by atoms with Gasteiger partial charge in [-0.3, -0.25) is 4.98 Å². The van der Waals surface area contributed by atoms with Crippen molar-refractivity contribution >= 4 is 43.2 Å². The quantitative estimate of drug-likeness (QED) is 0.732. The third-order valence-corrected chi connectivity index (χ3v) is 5.21. The van der Waals surface area contributed by atoms with Crippen molar-refractivity contribution in [1.82, 2.24) is 10.3 Å². The summed E-state index contributed by atoms with van der Waals surface area (Å²) in [6, 6.07) is 4.25. The molecule has 0 saturated carbocycles. The smallest absolute Gasteiger partial charge is 0.137 e. The van der Waals surface area contributed by atoms with Gasteiger partial charge in [-0.15, -0.1) is 11.3 Å². The van der Waals surface area contributed by atoms with Crippen molar-refractivity contribution in [3.63, 3.8) is 0 Å². The molecule has 0 aliphatic heterocycles. The second-order valence-electron chi connectivity index (χ2n) is 4.30. The molecule has 0 bridgehead atoms. The van der Waals surface area contributed by atoms with Crippen LogP contribution in [0.1, 0.15) is 30.5 Å². The zero-order valence-electron chi connectivity index (χ0n) is 11.3. The van der Waals surface area contributed by atoms with Crippen LogP contribution in [-0.2, 0) is 0 Å². The third kappa shape index (κ3) is 3.81. The van der Waals surface area contributed by atoms with Gasteiger partial charge in [0.05, 0.1) is 26.4 Å². The number of hydrogen-bond donors (Lipinski definition) is 1. The monoisotopic (exact) mass is 418 g/mol. The van der Waals surface area contributed by atoms with E-state index < -0.39 is 0 Å². The van der Waals surface area contributed by atoms with E-state index in [-0.39, 0.29) is 6.04 Å². The van der Waals surface area contributed by atoms with E-state index in [2.05, 4.69) is 55.2 Å². The Hall–Kier alpha value is -0.430. The maximum absolute atomic E-state index is 5.65. The van der Waals surface area contributed by atoms with Gasteiger partial charge in [-0.05, 0) is 68.6 Å². The molecule has 0 radical (unpaired) electrons. The Morgan fingerprint density at radius 2 is 2.15 bits per heavy atom. The number of pyridine rings is 1. The van der Waals surface area contributed by atoms with Crippen LogP contribution in [0.5, 0.6) is 5.75 Å². The molecule has 0 saturated heterocycles. The number of rotatable bonds is 6. The van der Waals surface area contributed by atoms with Gasteiger partial charge in [0.15, 0.2) is 0 Å². The van der Waals surface area contributed by atoms with Gasteiger partial charge in [-0.1, -0.05) is 6.92 Å². The normalized spacial score (nSPS) is 12.4. The minimum atomic E-state index is 0.0876. The lowest BCUT2D eigenvalue weighted by Gasteiger charge is -2.17. The number of hydrogen-bond acceptors (Lipinski definition) is 4. The minimum absolute atomic E-state index is 0.0876. The molecule has 0 aliphatic carbocycles.